The number of halogens is 1. The Balaban J connectivity index is 1.70. The van der Waals surface area contributed by atoms with Crippen LogP contribution in [0.3, 0.4) is 0 Å². The largest absolute Gasteiger partial charge is 0.269 e. The van der Waals surface area contributed by atoms with Crippen LogP contribution in [0, 0.1) is 0 Å². The SMILES string of the molecule is O=C1C(Sc2ccc(Cl)cc2)=C(c2cccs2)C(=O)N1Cc1ccncc1. The number of carbonyl (C=O) groups is 2. The number of imide groups is 1. The predicted molar refractivity (Wildman–Crippen MR) is 108 cm³/mol. The highest BCUT2D eigenvalue weighted by atomic mass is 35.5. The van der Waals surface area contributed by atoms with Gasteiger partial charge < -0.3 is 0 Å². The summed E-state index contributed by atoms with van der Waals surface area (Å²) in [5.41, 5.74) is 1.32. The number of carbonyl (C=O) groups excluding carboxylic acids is 2. The zero-order valence-corrected chi connectivity index (χ0v) is 16.4. The minimum absolute atomic E-state index is 0.222. The highest BCUT2D eigenvalue weighted by molar-refractivity contribution is 8.04. The average Bonchev–Trinajstić information content (AvgIpc) is 3.28. The molecule has 7 heteroatoms. The lowest BCUT2D eigenvalue weighted by Crippen LogP contribution is -2.30. The number of hydrogen-bond donors (Lipinski definition) is 0. The molecule has 4 rings (SSSR count). The summed E-state index contributed by atoms with van der Waals surface area (Å²) in [5.74, 6) is -0.545. The molecular weight excluding hydrogens is 400 g/mol. The predicted octanol–water partition coefficient (Wildman–Crippen LogP) is 4.87. The number of thioether (sulfide) groups is 1. The summed E-state index contributed by atoms with van der Waals surface area (Å²) in [6, 6.07) is 14.6. The molecule has 134 valence electrons. The lowest BCUT2D eigenvalue weighted by Gasteiger charge is -2.14. The van der Waals surface area contributed by atoms with E-state index in [2.05, 4.69) is 4.98 Å². The molecule has 0 radical (unpaired) electrons. The average molecular weight is 413 g/mol. The molecular formula is C20H13ClN2O2S2. The number of aromatic nitrogens is 1. The third kappa shape index (κ3) is 3.69. The van der Waals surface area contributed by atoms with Crippen molar-refractivity contribution in [2.45, 2.75) is 11.4 Å². The Kier molecular flexibility index (Phi) is 5.11. The Labute approximate surface area is 169 Å². The molecule has 27 heavy (non-hydrogen) atoms. The highest BCUT2D eigenvalue weighted by Gasteiger charge is 2.39. The first-order chi connectivity index (χ1) is 13.1. The molecule has 0 saturated carbocycles. The van der Waals surface area contributed by atoms with E-state index in [1.54, 1.807) is 36.7 Å². The normalized spacial score (nSPS) is 14.3. The third-order valence-corrected chi connectivity index (χ3v) is 6.25. The second kappa shape index (κ2) is 7.68. The second-order valence-corrected chi connectivity index (χ2v) is 8.26. The summed E-state index contributed by atoms with van der Waals surface area (Å²) in [5, 5.41) is 2.52. The summed E-state index contributed by atoms with van der Waals surface area (Å²) in [4.78, 5) is 33.5. The molecule has 1 aliphatic heterocycles. The Bertz CT molecular complexity index is 1020. The maximum absolute atomic E-state index is 13.1. The molecule has 0 unspecified atom stereocenters. The zero-order chi connectivity index (χ0) is 18.8. The highest BCUT2D eigenvalue weighted by Crippen LogP contribution is 2.41. The summed E-state index contributed by atoms with van der Waals surface area (Å²) in [7, 11) is 0. The molecule has 1 aromatic carbocycles. The Morgan fingerprint density at radius 3 is 2.41 bits per heavy atom. The molecule has 3 heterocycles. The number of amides is 2. The van der Waals surface area contributed by atoms with Crippen LogP contribution in [-0.2, 0) is 16.1 Å². The molecule has 0 fully saturated rings. The van der Waals surface area contributed by atoms with Crippen molar-refractivity contribution >= 4 is 52.1 Å². The van der Waals surface area contributed by atoms with E-state index in [0.717, 1.165) is 15.3 Å². The summed E-state index contributed by atoms with van der Waals surface area (Å²) in [6.07, 6.45) is 3.30. The minimum Gasteiger partial charge on any atom is -0.269 e. The van der Waals surface area contributed by atoms with E-state index in [9.17, 15) is 9.59 Å². The number of pyridine rings is 1. The minimum atomic E-state index is -0.278. The lowest BCUT2D eigenvalue weighted by molar-refractivity contribution is -0.137. The summed E-state index contributed by atoms with van der Waals surface area (Å²) >= 11 is 8.69. The van der Waals surface area contributed by atoms with E-state index in [1.165, 1.54) is 28.0 Å². The number of rotatable bonds is 5. The van der Waals surface area contributed by atoms with Gasteiger partial charge in [-0.1, -0.05) is 29.4 Å². The molecule has 3 aromatic rings. The van der Waals surface area contributed by atoms with Gasteiger partial charge in [0.2, 0.25) is 0 Å². The molecule has 1 aliphatic rings. The topological polar surface area (TPSA) is 50.3 Å². The van der Waals surface area contributed by atoms with Gasteiger partial charge in [0.15, 0.2) is 0 Å². The van der Waals surface area contributed by atoms with Crippen molar-refractivity contribution in [2.24, 2.45) is 0 Å². The monoisotopic (exact) mass is 412 g/mol. The molecule has 2 amide bonds. The van der Waals surface area contributed by atoms with E-state index < -0.39 is 0 Å². The quantitative estimate of drug-likeness (QED) is 0.561. The van der Waals surface area contributed by atoms with Crippen molar-refractivity contribution in [3.05, 3.63) is 86.7 Å². The van der Waals surface area contributed by atoms with Crippen LogP contribution in [0.5, 0.6) is 0 Å². The van der Waals surface area contributed by atoms with Gasteiger partial charge in [0.1, 0.15) is 0 Å². The number of nitrogens with zero attached hydrogens (tertiary/aromatic N) is 2. The van der Waals surface area contributed by atoms with Gasteiger partial charge in [-0.2, -0.15) is 0 Å². The van der Waals surface area contributed by atoms with E-state index >= 15 is 0 Å². The van der Waals surface area contributed by atoms with Gasteiger partial charge in [0, 0.05) is 27.2 Å². The van der Waals surface area contributed by atoms with Gasteiger partial charge in [-0.15, -0.1) is 11.3 Å². The smallest absolute Gasteiger partial charge is 0.268 e. The van der Waals surface area contributed by atoms with Gasteiger partial charge in [-0.25, -0.2) is 0 Å². The number of thiophene rings is 1. The first kappa shape index (κ1) is 18.0. The van der Waals surface area contributed by atoms with Crippen molar-refractivity contribution < 1.29 is 9.59 Å². The van der Waals surface area contributed by atoms with Gasteiger partial charge in [0.05, 0.1) is 17.0 Å². The maximum Gasteiger partial charge on any atom is 0.268 e. The first-order valence-electron chi connectivity index (χ1n) is 8.10. The molecule has 0 N–H and O–H groups in total. The van der Waals surface area contributed by atoms with E-state index in [1.807, 2.05) is 29.6 Å². The molecule has 2 aromatic heterocycles. The van der Waals surface area contributed by atoms with Crippen LogP contribution >= 0.6 is 34.7 Å². The lowest BCUT2D eigenvalue weighted by atomic mass is 10.2. The second-order valence-electron chi connectivity index (χ2n) is 5.79. The fraction of sp³-hybridized carbons (Fsp3) is 0.0500. The number of benzene rings is 1. The Morgan fingerprint density at radius 2 is 1.74 bits per heavy atom. The summed E-state index contributed by atoms with van der Waals surface area (Å²) in [6.45, 7) is 0.222. The molecule has 0 saturated heterocycles. The number of hydrogen-bond acceptors (Lipinski definition) is 5. The Morgan fingerprint density at radius 1 is 1.00 bits per heavy atom. The standard InChI is InChI=1S/C20H13ClN2O2S2/c21-14-3-5-15(6-4-14)27-18-17(16-2-1-11-26-16)19(24)23(20(18)25)12-13-7-9-22-10-8-13/h1-11H,12H2. The van der Waals surface area contributed by atoms with E-state index in [4.69, 9.17) is 11.6 Å². The Hall–Kier alpha value is -2.41. The van der Waals surface area contributed by atoms with E-state index in [0.29, 0.717) is 15.5 Å². The maximum atomic E-state index is 13.1. The van der Waals surface area contributed by atoms with Crippen molar-refractivity contribution in [3.8, 4) is 0 Å². The zero-order valence-electron chi connectivity index (χ0n) is 14.0. The van der Waals surface area contributed by atoms with Crippen molar-refractivity contribution in [3.63, 3.8) is 0 Å². The van der Waals surface area contributed by atoms with Crippen LogP contribution in [-0.4, -0.2) is 21.7 Å². The van der Waals surface area contributed by atoms with Gasteiger partial charge in [-0.3, -0.25) is 19.5 Å². The van der Waals surface area contributed by atoms with E-state index in [-0.39, 0.29) is 18.4 Å². The van der Waals surface area contributed by atoms with Gasteiger partial charge in [-0.05, 0) is 53.4 Å². The molecule has 4 nitrogen and oxygen atoms in total. The molecule has 0 spiro atoms. The van der Waals surface area contributed by atoms with Crippen LogP contribution < -0.4 is 0 Å². The third-order valence-electron chi connectivity index (χ3n) is 4.02. The summed E-state index contributed by atoms with van der Waals surface area (Å²) < 4.78 is 0. The van der Waals surface area contributed by atoms with Crippen LogP contribution in [0.25, 0.3) is 5.57 Å². The first-order valence-corrected chi connectivity index (χ1v) is 10.2. The fourth-order valence-corrected chi connectivity index (χ4v) is 4.68. The fourth-order valence-electron chi connectivity index (χ4n) is 2.72. The molecule has 0 atom stereocenters. The van der Waals surface area contributed by atoms with Crippen LogP contribution in [0.4, 0.5) is 0 Å². The van der Waals surface area contributed by atoms with Crippen LogP contribution in [0.2, 0.25) is 5.02 Å². The van der Waals surface area contributed by atoms with Crippen molar-refractivity contribution in [1.29, 1.82) is 0 Å². The van der Waals surface area contributed by atoms with Gasteiger partial charge >= 0.3 is 0 Å². The molecule has 0 aliphatic carbocycles. The van der Waals surface area contributed by atoms with Crippen LogP contribution in [0.15, 0.2) is 76.1 Å². The van der Waals surface area contributed by atoms with Crippen LogP contribution in [0.1, 0.15) is 10.4 Å². The molecule has 0 bridgehead atoms. The van der Waals surface area contributed by atoms with Gasteiger partial charge in [0.25, 0.3) is 11.8 Å². The van der Waals surface area contributed by atoms with Crippen molar-refractivity contribution in [2.75, 3.05) is 0 Å². The van der Waals surface area contributed by atoms with Crippen molar-refractivity contribution in [1.82, 2.24) is 9.88 Å².